The van der Waals surface area contributed by atoms with Crippen LogP contribution in [0.15, 0.2) is 30.3 Å². The lowest BCUT2D eigenvalue weighted by Crippen LogP contribution is -2.08. The molecule has 23 heavy (non-hydrogen) atoms. The van der Waals surface area contributed by atoms with Gasteiger partial charge in [-0.15, -0.1) is 0 Å². The third-order valence-corrected chi connectivity index (χ3v) is 3.43. The number of rotatable bonds is 7. The number of anilines is 3. The van der Waals surface area contributed by atoms with E-state index in [0.29, 0.717) is 17.3 Å². The number of carbonyl (C=O) groups excluding carboxylic acids is 1. The fourth-order valence-corrected chi connectivity index (χ4v) is 2.15. The average molecular weight is 312 g/mol. The van der Waals surface area contributed by atoms with Crippen molar-refractivity contribution < 1.29 is 4.79 Å². The van der Waals surface area contributed by atoms with Gasteiger partial charge in [0.05, 0.1) is 0 Å². The molecule has 5 heteroatoms. The van der Waals surface area contributed by atoms with Crippen LogP contribution in [0.3, 0.4) is 0 Å². The number of nitrogens with zero attached hydrogens (tertiary/aromatic N) is 2. The SMILES string of the molecule is CC(=O)c1ccc(Nc2cc(NCCC(C)C)nc(C)n2)cc1. The predicted octanol–water partition coefficient (Wildman–Crippen LogP) is 4.19. The molecule has 0 aliphatic rings. The fourth-order valence-electron chi connectivity index (χ4n) is 2.15. The van der Waals surface area contributed by atoms with E-state index in [0.717, 1.165) is 30.3 Å². The van der Waals surface area contributed by atoms with Gasteiger partial charge in [0.2, 0.25) is 0 Å². The predicted molar refractivity (Wildman–Crippen MR) is 94.4 cm³/mol. The van der Waals surface area contributed by atoms with Gasteiger partial charge in [-0.05, 0) is 50.5 Å². The van der Waals surface area contributed by atoms with Gasteiger partial charge in [-0.3, -0.25) is 4.79 Å². The molecule has 2 N–H and O–H groups in total. The Morgan fingerprint density at radius 1 is 1.13 bits per heavy atom. The van der Waals surface area contributed by atoms with Crippen LogP contribution < -0.4 is 10.6 Å². The molecule has 0 saturated carbocycles. The van der Waals surface area contributed by atoms with Gasteiger partial charge in [-0.25, -0.2) is 9.97 Å². The van der Waals surface area contributed by atoms with E-state index in [9.17, 15) is 4.79 Å². The number of aromatic nitrogens is 2. The van der Waals surface area contributed by atoms with Crippen molar-refractivity contribution in [2.75, 3.05) is 17.2 Å². The van der Waals surface area contributed by atoms with Crippen LogP contribution in [-0.2, 0) is 0 Å². The Balaban J connectivity index is 2.07. The maximum absolute atomic E-state index is 11.3. The molecule has 5 nitrogen and oxygen atoms in total. The molecule has 0 fully saturated rings. The summed E-state index contributed by atoms with van der Waals surface area (Å²) >= 11 is 0. The minimum Gasteiger partial charge on any atom is -0.370 e. The molecule has 0 bridgehead atoms. The molecule has 0 radical (unpaired) electrons. The highest BCUT2D eigenvalue weighted by Gasteiger charge is 2.04. The van der Waals surface area contributed by atoms with Crippen LogP contribution in [0.1, 0.15) is 43.4 Å². The Morgan fingerprint density at radius 3 is 2.39 bits per heavy atom. The molecule has 2 aromatic rings. The molecule has 1 aromatic heterocycles. The highest BCUT2D eigenvalue weighted by molar-refractivity contribution is 5.94. The van der Waals surface area contributed by atoms with Gasteiger partial charge < -0.3 is 10.6 Å². The van der Waals surface area contributed by atoms with Crippen molar-refractivity contribution in [1.29, 1.82) is 0 Å². The average Bonchev–Trinajstić information content (AvgIpc) is 2.46. The van der Waals surface area contributed by atoms with Crippen LogP contribution in [0.5, 0.6) is 0 Å². The van der Waals surface area contributed by atoms with Crippen LogP contribution in [-0.4, -0.2) is 22.3 Å². The molecule has 0 spiro atoms. The summed E-state index contributed by atoms with van der Waals surface area (Å²) < 4.78 is 0. The van der Waals surface area contributed by atoms with E-state index in [4.69, 9.17) is 0 Å². The second-order valence-corrected chi connectivity index (χ2v) is 6.05. The number of benzene rings is 1. The Kier molecular flexibility index (Phi) is 5.68. The molecule has 0 saturated heterocycles. The van der Waals surface area contributed by atoms with Gasteiger partial charge in [-0.2, -0.15) is 0 Å². The third-order valence-electron chi connectivity index (χ3n) is 3.43. The Labute approximate surface area is 137 Å². The molecule has 0 amide bonds. The van der Waals surface area contributed by atoms with Crippen molar-refractivity contribution in [2.45, 2.75) is 34.1 Å². The largest absolute Gasteiger partial charge is 0.370 e. The zero-order valence-corrected chi connectivity index (χ0v) is 14.2. The highest BCUT2D eigenvalue weighted by atomic mass is 16.1. The summed E-state index contributed by atoms with van der Waals surface area (Å²) in [6.07, 6.45) is 1.10. The van der Waals surface area contributed by atoms with Crippen LogP contribution in [0, 0.1) is 12.8 Å². The van der Waals surface area contributed by atoms with Crippen molar-refractivity contribution in [3.63, 3.8) is 0 Å². The molecule has 0 aliphatic carbocycles. The fraction of sp³-hybridized carbons (Fsp3) is 0.389. The monoisotopic (exact) mass is 312 g/mol. The van der Waals surface area contributed by atoms with Crippen molar-refractivity contribution in [2.24, 2.45) is 5.92 Å². The number of nitrogens with one attached hydrogen (secondary N) is 2. The smallest absolute Gasteiger partial charge is 0.159 e. The third kappa shape index (κ3) is 5.36. The highest BCUT2D eigenvalue weighted by Crippen LogP contribution is 2.18. The summed E-state index contributed by atoms with van der Waals surface area (Å²) in [5.41, 5.74) is 1.59. The normalized spacial score (nSPS) is 10.7. The minimum atomic E-state index is 0.0612. The van der Waals surface area contributed by atoms with Crippen LogP contribution in [0.25, 0.3) is 0 Å². The van der Waals surface area contributed by atoms with Crippen LogP contribution in [0.4, 0.5) is 17.3 Å². The van der Waals surface area contributed by atoms with E-state index in [2.05, 4.69) is 34.4 Å². The molecular weight excluding hydrogens is 288 g/mol. The zero-order valence-electron chi connectivity index (χ0n) is 14.2. The van der Waals surface area contributed by atoms with Gasteiger partial charge in [-0.1, -0.05) is 13.8 Å². The van der Waals surface area contributed by atoms with Crippen molar-refractivity contribution >= 4 is 23.1 Å². The van der Waals surface area contributed by atoms with Gasteiger partial charge in [0.15, 0.2) is 5.78 Å². The Hall–Kier alpha value is -2.43. The summed E-state index contributed by atoms with van der Waals surface area (Å²) in [6, 6.07) is 9.26. The molecular formula is C18H24N4O. The maximum Gasteiger partial charge on any atom is 0.159 e. The van der Waals surface area contributed by atoms with Gasteiger partial charge in [0, 0.05) is 23.9 Å². The standard InChI is InChI=1S/C18H24N4O/c1-12(2)9-10-19-17-11-18(21-14(4)20-17)22-16-7-5-15(6-8-16)13(3)23/h5-8,11-12H,9-10H2,1-4H3,(H2,19,20,21,22). The van der Waals surface area contributed by atoms with Gasteiger partial charge >= 0.3 is 0 Å². The molecule has 2 rings (SSSR count). The molecule has 0 aliphatic heterocycles. The summed E-state index contributed by atoms with van der Waals surface area (Å²) in [4.78, 5) is 20.1. The maximum atomic E-state index is 11.3. The molecule has 0 atom stereocenters. The van der Waals surface area contributed by atoms with E-state index < -0.39 is 0 Å². The summed E-state index contributed by atoms with van der Waals surface area (Å²) in [7, 11) is 0. The molecule has 122 valence electrons. The zero-order chi connectivity index (χ0) is 16.8. The van der Waals surface area contributed by atoms with Gasteiger partial charge in [0.25, 0.3) is 0 Å². The topological polar surface area (TPSA) is 66.9 Å². The quantitative estimate of drug-likeness (QED) is 0.750. The number of hydrogen-bond acceptors (Lipinski definition) is 5. The second kappa shape index (κ2) is 7.72. The molecule has 1 aromatic carbocycles. The molecule has 0 unspecified atom stereocenters. The first-order valence-electron chi connectivity index (χ1n) is 7.91. The van der Waals surface area contributed by atoms with E-state index in [1.165, 1.54) is 0 Å². The van der Waals surface area contributed by atoms with Gasteiger partial charge in [0.1, 0.15) is 17.5 Å². The van der Waals surface area contributed by atoms with E-state index in [1.807, 2.05) is 25.1 Å². The van der Waals surface area contributed by atoms with E-state index in [1.54, 1.807) is 19.1 Å². The first-order chi connectivity index (χ1) is 10.9. The number of carbonyl (C=O) groups is 1. The first kappa shape index (κ1) is 16.9. The van der Waals surface area contributed by atoms with E-state index >= 15 is 0 Å². The lowest BCUT2D eigenvalue weighted by Gasteiger charge is -2.11. The van der Waals surface area contributed by atoms with E-state index in [-0.39, 0.29) is 5.78 Å². The lowest BCUT2D eigenvalue weighted by atomic mass is 10.1. The van der Waals surface area contributed by atoms with Crippen LogP contribution in [0.2, 0.25) is 0 Å². The van der Waals surface area contributed by atoms with Crippen LogP contribution >= 0.6 is 0 Å². The van der Waals surface area contributed by atoms with Crippen molar-refractivity contribution in [3.05, 3.63) is 41.7 Å². The second-order valence-electron chi connectivity index (χ2n) is 6.05. The lowest BCUT2D eigenvalue weighted by molar-refractivity contribution is 0.101. The number of aryl methyl sites for hydroxylation is 1. The van der Waals surface area contributed by atoms with Crippen molar-refractivity contribution in [1.82, 2.24) is 9.97 Å². The first-order valence-corrected chi connectivity index (χ1v) is 7.91. The molecule has 1 heterocycles. The minimum absolute atomic E-state index is 0.0612. The summed E-state index contributed by atoms with van der Waals surface area (Å²) in [6.45, 7) is 8.72. The van der Waals surface area contributed by atoms with Crippen molar-refractivity contribution in [3.8, 4) is 0 Å². The number of Topliss-reactive ketones (excluding diaryl/α,β-unsaturated/α-hetero) is 1. The Bertz CT molecular complexity index is 665. The Morgan fingerprint density at radius 2 is 1.78 bits per heavy atom. The summed E-state index contributed by atoms with van der Waals surface area (Å²) in [5.74, 6) is 2.98. The number of hydrogen-bond donors (Lipinski definition) is 2. The summed E-state index contributed by atoms with van der Waals surface area (Å²) in [5, 5.41) is 6.58. The number of ketones is 1.